The molecule has 6 heteroatoms. The van der Waals surface area contributed by atoms with Crippen molar-refractivity contribution in [1.29, 1.82) is 0 Å². The first-order valence-corrected chi connectivity index (χ1v) is 6.90. The van der Waals surface area contributed by atoms with Gasteiger partial charge in [-0.1, -0.05) is 6.92 Å². The number of hydrogen-bond acceptors (Lipinski definition) is 5. The average Bonchev–Trinajstić information content (AvgIpc) is 2.75. The lowest BCUT2D eigenvalue weighted by Crippen LogP contribution is -2.44. The van der Waals surface area contributed by atoms with Gasteiger partial charge in [0, 0.05) is 18.8 Å². The fraction of sp³-hybridized carbons (Fsp3) is 0.500. The number of oxazole rings is 1. The van der Waals surface area contributed by atoms with Gasteiger partial charge in [-0.3, -0.25) is 9.47 Å². The number of morpholine rings is 1. The lowest BCUT2D eigenvalue weighted by atomic mass is 10.2. The largest absolute Gasteiger partial charge is 0.420 e. The van der Waals surface area contributed by atoms with Gasteiger partial charge in [0.1, 0.15) is 0 Å². The molecular weight excluding hydrogens is 258 g/mol. The topological polar surface area (TPSA) is 73.6 Å². The third kappa shape index (κ3) is 2.44. The summed E-state index contributed by atoms with van der Waals surface area (Å²) in [6.07, 6.45) is 0.00336. The van der Waals surface area contributed by atoms with Crippen LogP contribution in [0.4, 0.5) is 5.69 Å². The van der Waals surface area contributed by atoms with Gasteiger partial charge in [0.25, 0.3) is 0 Å². The van der Waals surface area contributed by atoms with Gasteiger partial charge < -0.3 is 14.9 Å². The number of likely N-dealkylation sites (N-methyl/N-ethyl adjacent to an activating group) is 1. The van der Waals surface area contributed by atoms with Crippen LogP contribution in [0.1, 0.15) is 6.92 Å². The maximum absolute atomic E-state index is 12.0. The molecule has 1 aliphatic heterocycles. The third-order valence-corrected chi connectivity index (χ3v) is 3.75. The van der Waals surface area contributed by atoms with E-state index in [0.717, 1.165) is 25.2 Å². The Labute approximate surface area is 116 Å². The van der Waals surface area contributed by atoms with Crippen LogP contribution in [0.25, 0.3) is 11.1 Å². The van der Waals surface area contributed by atoms with Crippen LogP contribution in [0.2, 0.25) is 0 Å². The molecule has 0 saturated carbocycles. The molecule has 3 rings (SSSR count). The highest BCUT2D eigenvalue weighted by Crippen LogP contribution is 2.17. The maximum Gasteiger partial charge on any atom is 0.420 e. The molecule has 2 N–H and O–H groups in total. The molecule has 1 fully saturated rings. The molecule has 0 radical (unpaired) electrons. The van der Waals surface area contributed by atoms with Crippen LogP contribution in [0, 0.1) is 0 Å². The Morgan fingerprint density at radius 2 is 2.30 bits per heavy atom. The van der Waals surface area contributed by atoms with E-state index in [2.05, 4.69) is 11.8 Å². The quantitative estimate of drug-likeness (QED) is 0.844. The Kier molecular flexibility index (Phi) is 3.50. The smallest absolute Gasteiger partial charge is 0.408 e. The van der Waals surface area contributed by atoms with Crippen molar-refractivity contribution >= 4 is 16.8 Å². The maximum atomic E-state index is 12.0. The summed E-state index contributed by atoms with van der Waals surface area (Å²) in [4.78, 5) is 14.3. The minimum atomic E-state index is -0.358. The molecule has 0 spiro atoms. The van der Waals surface area contributed by atoms with Crippen molar-refractivity contribution < 1.29 is 9.15 Å². The van der Waals surface area contributed by atoms with Crippen molar-refractivity contribution in [2.24, 2.45) is 0 Å². The predicted molar refractivity (Wildman–Crippen MR) is 76.7 cm³/mol. The van der Waals surface area contributed by atoms with E-state index in [-0.39, 0.29) is 11.9 Å². The average molecular weight is 277 g/mol. The Morgan fingerprint density at radius 3 is 3.10 bits per heavy atom. The highest BCUT2D eigenvalue weighted by atomic mass is 16.5. The second-order valence-electron chi connectivity index (χ2n) is 5.09. The van der Waals surface area contributed by atoms with Gasteiger partial charge in [-0.25, -0.2) is 4.79 Å². The number of nitrogen functional groups attached to an aromatic ring is 1. The Balaban J connectivity index is 1.88. The van der Waals surface area contributed by atoms with E-state index >= 15 is 0 Å². The monoisotopic (exact) mass is 277 g/mol. The van der Waals surface area contributed by atoms with Gasteiger partial charge in [0.15, 0.2) is 5.58 Å². The molecule has 20 heavy (non-hydrogen) atoms. The lowest BCUT2D eigenvalue weighted by molar-refractivity contribution is -0.0345. The molecule has 1 unspecified atom stereocenters. The minimum Gasteiger partial charge on any atom is -0.408 e. The standard InChI is InChI=1S/C14H19N3O3/c1-2-16-5-6-19-11(8-16)9-17-12-7-10(15)3-4-13(12)20-14(17)18/h3-4,7,11H,2,5-6,8-9,15H2,1H3. The number of benzene rings is 1. The number of anilines is 1. The van der Waals surface area contributed by atoms with E-state index < -0.39 is 0 Å². The third-order valence-electron chi connectivity index (χ3n) is 3.75. The second-order valence-corrected chi connectivity index (χ2v) is 5.09. The van der Waals surface area contributed by atoms with Gasteiger partial charge in [-0.2, -0.15) is 0 Å². The van der Waals surface area contributed by atoms with Gasteiger partial charge >= 0.3 is 5.76 Å². The van der Waals surface area contributed by atoms with Crippen molar-refractivity contribution in [2.45, 2.75) is 19.6 Å². The summed E-state index contributed by atoms with van der Waals surface area (Å²) in [5, 5.41) is 0. The van der Waals surface area contributed by atoms with Crippen LogP contribution in [0.15, 0.2) is 27.4 Å². The Bertz CT molecular complexity index is 661. The normalized spacial score (nSPS) is 20.6. The fourth-order valence-corrected chi connectivity index (χ4v) is 2.63. The fourth-order valence-electron chi connectivity index (χ4n) is 2.63. The van der Waals surface area contributed by atoms with E-state index in [1.54, 1.807) is 22.8 Å². The molecule has 1 saturated heterocycles. The van der Waals surface area contributed by atoms with Gasteiger partial charge in [-0.05, 0) is 24.7 Å². The molecule has 6 nitrogen and oxygen atoms in total. The number of hydrogen-bond donors (Lipinski definition) is 1. The summed E-state index contributed by atoms with van der Waals surface area (Å²) >= 11 is 0. The van der Waals surface area contributed by atoms with Crippen molar-refractivity contribution in [3.63, 3.8) is 0 Å². The molecule has 1 aliphatic rings. The number of fused-ring (bicyclic) bond motifs is 1. The number of aromatic nitrogens is 1. The van der Waals surface area contributed by atoms with Crippen molar-refractivity contribution in [2.75, 3.05) is 32.0 Å². The van der Waals surface area contributed by atoms with Crippen LogP contribution in [-0.4, -0.2) is 41.8 Å². The van der Waals surface area contributed by atoms with Crippen molar-refractivity contribution in [3.8, 4) is 0 Å². The molecule has 0 bridgehead atoms. The van der Waals surface area contributed by atoms with E-state index in [9.17, 15) is 4.79 Å². The van der Waals surface area contributed by atoms with E-state index in [4.69, 9.17) is 14.9 Å². The van der Waals surface area contributed by atoms with Gasteiger partial charge in [0.05, 0.1) is 24.8 Å². The van der Waals surface area contributed by atoms with Gasteiger partial charge in [-0.15, -0.1) is 0 Å². The highest BCUT2D eigenvalue weighted by Gasteiger charge is 2.22. The summed E-state index contributed by atoms with van der Waals surface area (Å²) in [5.74, 6) is -0.358. The zero-order valence-corrected chi connectivity index (χ0v) is 11.5. The molecule has 1 atom stereocenters. The number of nitrogens with zero attached hydrogens (tertiary/aromatic N) is 2. The first-order valence-electron chi connectivity index (χ1n) is 6.90. The first-order chi connectivity index (χ1) is 9.67. The molecule has 1 aromatic heterocycles. The van der Waals surface area contributed by atoms with Crippen LogP contribution in [0.3, 0.4) is 0 Å². The van der Waals surface area contributed by atoms with Gasteiger partial charge in [0.2, 0.25) is 0 Å². The molecule has 2 heterocycles. The van der Waals surface area contributed by atoms with Crippen LogP contribution in [-0.2, 0) is 11.3 Å². The van der Waals surface area contributed by atoms with Crippen molar-refractivity contribution in [1.82, 2.24) is 9.47 Å². The van der Waals surface area contributed by atoms with Crippen molar-refractivity contribution in [3.05, 3.63) is 28.7 Å². The van der Waals surface area contributed by atoms with E-state index in [1.807, 2.05) is 0 Å². The number of nitrogens with two attached hydrogens (primary N) is 1. The summed E-state index contributed by atoms with van der Waals surface area (Å²) in [6.45, 7) is 6.09. The molecule has 1 aromatic carbocycles. The Morgan fingerprint density at radius 1 is 1.45 bits per heavy atom. The van der Waals surface area contributed by atoms with Crippen LogP contribution in [0.5, 0.6) is 0 Å². The number of ether oxygens (including phenoxy) is 1. The van der Waals surface area contributed by atoms with E-state index in [1.165, 1.54) is 0 Å². The second kappa shape index (κ2) is 5.30. The zero-order chi connectivity index (χ0) is 14.1. The van der Waals surface area contributed by atoms with Crippen LogP contribution < -0.4 is 11.5 Å². The van der Waals surface area contributed by atoms with Crippen LogP contribution >= 0.6 is 0 Å². The van der Waals surface area contributed by atoms with E-state index in [0.29, 0.717) is 24.4 Å². The number of rotatable bonds is 3. The lowest BCUT2D eigenvalue weighted by Gasteiger charge is -2.32. The SMILES string of the molecule is CCN1CCOC(Cn2c(=O)oc3ccc(N)cc32)C1. The molecule has 0 amide bonds. The summed E-state index contributed by atoms with van der Waals surface area (Å²) in [6, 6.07) is 5.22. The molecule has 108 valence electrons. The summed E-state index contributed by atoms with van der Waals surface area (Å²) in [7, 11) is 0. The summed E-state index contributed by atoms with van der Waals surface area (Å²) < 4.78 is 12.6. The summed E-state index contributed by atoms with van der Waals surface area (Å²) in [5.41, 5.74) is 7.69. The zero-order valence-electron chi connectivity index (χ0n) is 11.5. The Hall–Kier alpha value is -1.79. The highest BCUT2D eigenvalue weighted by molar-refractivity contribution is 5.76. The first kappa shape index (κ1) is 13.2. The predicted octanol–water partition coefficient (Wildman–Crippen LogP) is 0.897. The molecule has 0 aliphatic carbocycles. The molecule has 2 aromatic rings. The molecular formula is C14H19N3O3. The minimum absolute atomic E-state index is 0.00336.